The van der Waals surface area contributed by atoms with Crippen molar-refractivity contribution >= 4 is 11.6 Å². The quantitative estimate of drug-likeness (QED) is 0.820. The number of likely N-dealkylation sites (tertiary alicyclic amines) is 1. The molecule has 2 aliphatic heterocycles. The zero-order chi connectivity index (χ0) is 19.7. The number of hydrogen-bond donors (Lipinski definition) is 0. The lowest BCUT2D eigenvalue weighted by atomic mass is 10.0. The Bertz CT molecular complexity index is 910. The zero-order valence-corrected chi connectivity index (χ0v) is 16.0. The Balaban J connectivity index is 1.35. The fourth-order valence-electron chi connectivity index (χ4n) is 4.39. The van der Waals surface area contributed by atoms with E-state index in [0.717, 1.165) is 38.0 Å². The average Bonchev–Trinajstić information content (AvgIpc) is 3.37. The highest BCUT2D eigenvalue weighted by molar-refractivity contribution is 5.80. The van der Waals surface area contributed by atoms with E-state index in [9.17, 15) is 9.18 Å². The molecule has 1 aromatic carbocycles. The van der Waals surface area contributed by atoms with E-state index in [1.165, 1.54) is 6.07 Å². The van der Waals surface area contributed by atoms with Gasteiger partial charge in [0.15, 0.2) is 0 Å². The molecule has 1 amide bonds. The molecule has 0 spiro atoms. The van der Waals surface area contributed by atoms with Gasteiger partial charge in [0.25, 0.3) is 0 Å². The number of aromatic nitrogens is 2. The lowest BCUT2D eigenvalue weighted by molar-refractivity contribution is -0.136. The number of carbonyl (C=O) groups excluding carboxylic acids is 1. The number of piperidine rings is 1. The Morgan fingerprint density at radius 2 is 2.04 bits per heavy atom. The highest BCUT2D eigenvalue weighted by Gasteiger charge is 2.34. The molecule has 0 radical (unpaired) electrons. The second-order valence-corrected chi connectivity index (χ2v) is 7.71. The van der Waals surface area contributed by atoms with Crippen molar-refractivity contribution in [1.82, 2.24) is 14.5 Å². The third-order valence-corrected chi connectivity index (χ3v) is 5.98. The number of amides is 1. The maximum absolute atomic E-state index is 14.3. The molecule has 2 saturated heterocycles. The van der Waals surface area contributed by atoms with Gasteiger partial charge < -0.3 is 14.4 Å². The van der Waals surface area contributed by atoms with Gasteiger partial charge in [-0.1, -0.05) is 0 Å². The lowest BCUT2D eigenvalue weighted by Gasteiger charge is -2.34. The van der Waals surface area contributed by atoms with Crippen molar-refractivity contribution in [3.8, 4) is 6.07 Å². The van der Waals surface area contributed by atoms with Crippen LogP contribution in [0.5, 0.6) is 0 Å². The first-order valence-electron chi connectivity index (χ1n) is 9.78. The van der Waals surface area contributed by atoms with E-state index in [-0.39, 0.29) is 11.8 Å². The Kier molecular flexibility index (Phi) is 5.03. The normalized spacial score (nSPS) is 20.4. The summed E-state index contributed by atoms with van der Waals surface area (Å²) in [7, 11) is 0. The summed E-state index contributed by atoms with van der Waals surface area (Å²) in [5, 5.41) is 8.89. The van der Waals surface area contributed by atoms with Crippen LogP contribution in [-0.2, 0) is 4.79 Å². The minimum Gasteiger partial charge on any atom is -0.368 e. The van der Waals surface area contributed by atoms with Gasteiger partial charge in [0.2, 0.25) is 5.91 Å². The number of nitriles is 1. The predicted molar refractivity (Wildman–Crippen MR) is 103 cm³/mol. The lowest BCUT2D eigenvalue weighted by Crippen LogP contribution is -2.43. The van der Waals surface area contributed by atoms with Crippen LogP contribution in [0.25, 0.3) is 0 Å². The summed E-state index contributed by atoms with van der Waals surface area (Å²) in [5.41, 5.74) is 1.94. The minimum absolute atomic E-state index is 0.0958. The second-order valence-electron chi connectivity index (χ2n) is 7.71. The Labute approximate surface area is 164 Å². The van der Waals surface area contributed by atoms with Gasteiger partial charge in [0.05, 0.1) is 29.6 Å². The van der Waals surface area contributed by atoms with Gasteiger partial charge in [-0.3, -0.25) is 4.79 Å². The first kappa shape index (κ1) is 18.5. The highest BCUT2D eigenvalue weighted by Crippen LogP contribution is 2.30. The molecular weight excluding hydrogens is 357 g/mol. The van der Waals surface area contributed by atoms with Gasteiger partial charge in [-0.15, -0.1) is 0 Å². The van der Waals surface area contributed by atoms with E-state index < -0.39 is 5.82 Å². The van der Waals surface area contributed by atoms with Crippen LogP contribution in [0.1, 0.15) is 36.6 Å². The van der Waals surface area contributed by atoms with E-state index in [1.807, 2.05) is 28.4 Å². The number of anilines is 1. The topological polar surface area (TPSA) is 65.2 Å². The zero-order valence-electron chi connectivity index (χ0n) is 16.0. The molecule has 0 bridgehead atoms. The molecule has 1 atom stereocenters. The summed E-state index contributed by atoms with van der Waals surface area (Å²) in [6.45, 7) is 4.75. The maximum Gasteiger partial charge on any atom is 0.227 e. The van der Waals surface area contributed by atoms with Crippen LogP contribution < -0.4 is 4.90 Å². The number of nitrogens with zero attached hydrogens (tertiary/aromatic N) is 5. The van der Waals surface area contributed by atoms with Crippen molar-refractivity contribution in [2.45, 2.75) is 32.2 Å². The van der Waals surface area contributed by atoms with Crippen LogP contribution in [0.4, 0.5) is 10.1 Å². The summed E-state index contributed by atoms with van der Waals surface area (Å²) >= 11 is 0. The monoisotopic (exact) mass is 381 g/mol. The molecule has 6 nitrogen and oxygen atoms in total. The van der Waals surface area contributed by atoms with Gasteiger partial charge in [0, 0.05) is 44.1 Å². The third kappa shape index (κ3) is 3.47. The van der Waals surface area contributed by atoms with E-state index in [1.54, 1.807) is 12.1 Å². The second kappa shape index (κ2) is 7.63. The smallest absolute Gasteiger partial charge is 0.227 e. The molecule has 0 N–H and O–H groups in total. The molecular formula is C21H24FN5O. The van der Waals surface area contributed by atoms with E-state index in [4.69, 9.17) is 5.26 Å². The van der Waals surface area contributed by atoms with Crippen LogP contribution in [-0.4, -0.2) is 46.5 Å². The van der Waals surface area contributed by atoms with Crippen LogP contribution in [0.15, 0.2) is 30.7 Å². The van der Waals surface area contributed by atoms with Crippen molar-refractivity contribution < 1.29 is 9.18 Å². The van der Waals surface area contributed by atoms with Gasteiger partial charge in [0.1, 0.15) is 5.82 Å². The fourth-order valence-corrected chi connectivity index (χ4v) is 4.39. The van der Waals surface area contributed by atoms with Crippen LogP contribution >= 0.6 is 0 Å². The predicted octanol–water partition coefficient (Wildman–Crippen LogP) is 2.89. The van der Waals surface area contributed by atoms with E-state index in [0.29, 0.717) is 30.4 Å². The first-order valence-corrected chi connectivity index (χ1v) is 9.78. The van der Waals surface area contributed by atoms with Gasteiger partial charge >= 0.3 is 0 Å². The minimum atomic E-state index is -0.399. The molecule has 4 rings (SSSR count). The molecule has 146 valence electrons. The molecule has 28 heavy (non-hydrogen) atoms. The van der Waals surface area contributed by atoms with Crippen LogP contribution in [0.2, 0.25) is 0 Å². The summed E-state index contributed by atoms with van der Waals surface area (Å²) in [6.07, 6.45) is 6.34. The number of imidazole rings is 1. The van der Waals surface area contributed by atoms with Gasteiger partial charge in [-0.2, -0.15) is 5.26 Å². The fraction of sp³-hybridized carbons (Fsp3) is 0.476. The number of hydrogen-bond acceptors (Lipinski definition) is 4. The number of aryl methyl sites for hydroxylation is 1. The molecule has 2 aromatic rings. The molecule has 2 fully saturated rings. The van der Waals surface area contributed by atoms with E-state index >= 15 is 0 Å². The molecule has 0 aliphatic carbocycles. The molecule has 1 unspecified atom stereocenters. The number of rotatable bonds is 3. The number of benzene rings is 1. The number of carbonyl (C=O) groups is 1. The summed E-state index contributed by atoms with van der Waals surface area (Å²) in [5.74, 6) is -0.317. The van der Waals surface area contributed by atoms with Crippen molar-refractivity contribution in [1.29, 1.82) is 5.26 Å². The van der Waals surface area contributed by atoms with Crippen molar-refractivity contribution in [2.24, 2.45) is 5.92 Å². The van der Waals surface area contributed by atoms with Crippen molar-refractivity contribution in [3.05, 3.63) is 47.8 Å². The molecule has 2 aliphatic rings. The Morgan fingerprint density at radius 1 is 1.25 bits per heavy atom. The average molecular weight is 381 g/mol. The van der Waals surface area contributed by atoms with Crippen LogP contribution in [0.3, 0.4) is 0 Å². The number of halogens is 1. The Morgan fingerprint density at radius 3 is 2.68 bits per heavy atom. The third-order valence-electron chi connectivity index (χ3n) is 5.98. The summed E-state index contributed by atoms with van der Waals surface area (Å²) in [4.78, 5) is 21.0. The molecule has 0 saturated carbocycles. The molecule has 1 aromatic heterocycles. The standard InChI is InChI=1S/C21H24FN5O/c1-15-12-24-14-27(15)18-5-8-25(9-6-18)21(28)17-4-7-26(13-17)20-3-2-16(11-23)10-19(20)22/h2-3,10,12,14,17-18H,4-9,13H2,1H3. The summed E-state index contributed by atoms with van der Waals surface area (Å²) in [6, 6.07) is 6.87. The summed E-state index contributed by atoms with van der Waals surface area (Å²) < 4.78 is 16.5. The van der Waals surface area contributed by atoms with Gasteiger partial charge in [-0.25, -0.2) is 9.37 Å². The molecule has 3 heterocycles. The van der Waals surface area contributed by atoms with Gasteiger partial charge in [-0.05, 0) is 44.4 Å². The SMILES string of the molecule is Cc1cncn1C1CCN(C(=O)C2CCN(c3ccc(C#N)cc3F)C2)CC1. The highest BCUT2D eigenvalue weighted by atomic mass is 19.1. The first-order chi connectivity index (χ1) is 13.6. The largest absolute Gasteiger partial charge is 0.368 e. The van der Waals surface area contributed by atoms with Crippen molar-refractivity contribution in [3.63, 3.8) is 0 Å². The maximum atomic E-state index is 14.3. The van der Waals surface area contributed by atoms with E-state index in [2.05, 4.69) is 16.5 Å². The molecule has 7 heteroatoms. The van der Waals surface area contributed by atoms with Crippen LogP contribution in [0, 0.1) is 30.0 Å². The Hall–Kier alpha value is -2.88. The van der Waals surface area contributed by atoms with Crippen molar-refractivity contribution in [2.75, 3.05) is 31.1 Å².